The van der Waals surface area contributed by atoms with Gasteiger partial charge in [0.05, 0.1) is 4.90 Å². The van der Waals surface area contributed by atoms with Crippen LogP contribution in [0.15, 0.2) is 15.9 Å². The number of aromatic amines is 1. The van der Waals surface area contributed by atoms with Gasteiger partial charge in [0.25, 0.3) is 0 Å². The summed E-state index contributed by atoms with van der Waals surface area (Å²) < 4.78 is 0. The van der Waals surface area contributed by atoms with Gasteiger partial charge >= 0.3 is 5.69 Å². The lowest BCUT2D eigenvalue weighted by molar-refractivity contribution is 0.954. The molecule has 0 aliphatic heterocycles. The number of hydrogen-bond acceptors (Lipinski definition) is 4. The Labute approximate surface area is 75.0 Å². The highest BCUT2D eigenvalue weighted by atomic mass is 32.2. The summed E-state index contributed by atoms with van der Waals surface area (Å²) in [5.41, 5.74) is -0.309. The minimum absolute atomic E-state index is 0.309. The van der Waals surface area contributed by atoms with Gasteiger partial charge in [0, 0.05) is 20.3 Å². The molecule has 4 nitrogen and oxygen atoms in total. The molecular formula is C7H11N3OS. The maximum Gasteiger partial charge on any atom is 0.346 e. The van der Waals surface area contributed by atoms with Crippen molar-refractivity contribution in [3.63, 3.8) is 0 Å². The summed E-state index contributed by atoms with van der Waals surface area (Å²) in [6.07, 6.45) is 3.53. The molecule has 0 aliphatic rings. The minimum Gasteiger partial charge on any atom is -0.363 e. The van der Waals surface area contributed by atoms with Gasteiger partial charge in [0.15, 0.2) is 0 Å². The summed E-state index contributed by atoms with van der Waals surface area (Å²) in [7, 11) is 3.76. The normalized spacial score (nSPS) is 9.92. The fraction of sp³-hybridized carbons (Fsp3) is 0.429. The van der Waals surface area contributed by atoms with Gasteiger partial charge in [-0.3, -0.25) is 4.98 Å². The van der Waals surface area contributed by atoms with Crippen molar-refractivity contribution in [2.24, 2.45) is 0 Å². The van der Waals surface area contributed by atoms with Crippen molar-refractivity contribution < 1.29 is 0 Å². The highest BCUT2D eigenvalue weighted by Gasteiger charge is 2.03. The first-order valence-corrected chi connectivity index (χ1v) is 4.68. The molecule has 0 radical (unpaired) electrons. The largest absolute Gasteiger partial charge is 0.363 e. The zero-order chi connectivity index (χ0) is 9.14. The molecular weight excluding hydrogens is 174 g/mol. The van der Waals surface area contributed by atoms with Gasteiger partial charge in [0.1, 0.15) is 5.82 Å². The second-order valence-electron chi connectivity index (χ2n) is 2.50. The van der Waals surface area contributed by atoms with E-state index in [9.17, 15) is 4.79 Å². The van der Waals surface area contributed by atoms with Gasteiger partial charge in [-0.05, 0) is 6.26 Å². The molecule has 0 saturated heterocycles. The Morgan fingerprint density at radius 3 is 2.75 bits per heavy atom. The van der Waals surface area contributed by atoms with Crippen molar-refractivity contribution in [1.82, 2.24) is 9.97 Å². The number of anilines is 1. The zero-order valence-corrected chi connectivity index (χ0v) is 8.10. The summed E-state index contributed by atoms with van der Waals surface area (Å²) in [6.45, 7) is 0. The molecule has 5 heteroatoms. The zero-order valence-electron chi connectivity index (χ0n) is 7.29. The van der Waals surface area contributed by atoms with Crippen LogP contribution in [0.25, 0.3) is 0 Å². The van der Waals surface area contributed by atoms with Crippen LogP contribution in [0.1, 0.15) is 0 Å². The number of hydrogen-bond donors (Lipinski definition) is 1. The lowest BCUT2D eigenvalue weighted by atomic mass is 10.5. The number of aromatic nitrogens is 2. The van der Waals surface area contributed by atoms with Crippen LogP contribution in [-0.4, -0.2) is 30.3 Å². The van der Waals surface area contributed by atoms with Crippen LogP contribution in [0.5, 0.6) is 0 Å². The Morgan fingerprint density at radius 1 is 1.58 bits per heavy atom. The third-order valence-electron chi connectivity index (χ3n) is 1.42. The van der Waals surface area contributed by atoms with Crippen molar-refractivity contribution in [3.8, 4) is 0 Å². The second-order valence-corrected chi connectivity index (χ2v) is 3.35. The van der Waals surface area contributed by atoms with Crippen molar-refractivity contribution in [3.05, 3.63) is 16.7 Å². The Bertz CT molecular complexity index is 321. The molecule has 1 rings (SSSR count). The maximum atomic E-state index is 10.9. The molecule has 0 atom stereocenters. The molecule has 0 amide bonds. The number of H-pyrrole nitrogens is 1. The van der Waals surface area contributed by atoms with E-state index >= 15 is 0 Å². The van der Waals surface area contributed by atoms with Crippen LogP contribution < -0.4 is 10.6 Å². The van der Waals surface area contributed by atoms with Gasteiger partial charge in [-0.15, -0.1) is 11.8 Å². The molecule has 0 spiro atoms. The molecule has 66 valence electrons. The number of rotatable bonds is 2. The minimum atomic E-state index is -0.309. The molecule has 0 aromatic carbocycles. The Morgan fingerprint density at radius 2 is 2.25 bits per heavy atom. The van der Waals surface area contributed by atoms with E-state index in [4.69, 9.17) is 0 Å². The van der Waals surface area contributed by atoms with Crippen molar-refractivity contribution in [2.45, 2.75) is 4.90 Å². The molecule has 1 aromatic heterocycles. The Hall–Kier alpha value is -0.970. The molecule has 0 aliphatic carbocycles. The summed E-state index contributed by atoms with van der Waals surface area (Å²) in [6, 6.07) is 0. The average molecular weight is 185 g/mol. The van der Waals surface area contributed by atoms with Gasteiger partial charge in [-0.1, -0.05) is 0 Å². The number of thioether (sulfide) groups is 1. The van der Waals surface area contributed by atoms with E-state index < -0.39 is 0 Å². The van der Waals surface area contributed by atoms with Crippen LogP contribution in [0.3, 0.4) is 0 Å². The van der Waals surface area contributed by atoms with E-state index in [1.807, 2.05) is 25.3 Å². The van der Waals surface area contributed by atoms with Crippen LogP contribution in [0.2, 0.25) is 0 Å². The second kappa shape index (κ2) is 3.62. The molecule has 1 aromatic rings. The van der Waals surface area contributed by atoms with Crippen LogP contribution in [-0.2, 0) is 0 Å². The van der Waals surface area contributed by atoms with E-state index in [0.29, 0.717) is 0 Å². The van der Waals surface area contributed by atoms with Gasteiger partial charge in [-0.25, -0.2) is 9.78 Å². The number of nitrogens with one attached hydrogen (secondary N) is 1. The SMILES string of the molecule is CSc1cnc(=O)[nH]c1N(C)C. The molecule has 1 heterocycles. The van der Waals surface area contributed by atoms with E-state index in [1.165, 1.54) is 0 Å². The molecule has 12 heavy (non-hydrogen) atoms. The highest BCUT2D eigenvalue weighted by Crippen LogP contribution is 2.21. The molecule has 1 N–H and O–H groups in total. The monoisotopic (exact) mass is 185 g/mol. The topological polar surface area (TPSA) is 49.0 Å². The highest BCUT2D eigenvalue weighted by molar-refractivity contribution is 7.98. The predicted molar refractivity (Wildman–Crippen MR) is 51.0 cm³/mol. The van der Waals surface area contributed by atoms with E-state index in [2.05, 4.69) is 9.97 Å². The van der Waals surface area contributed by atoms with E-state index in [-0.39, 0.29) is 5.69 Å². The third-order valence-corrected chi connectivity index (χ3v) is 2.16. The summed E-state index contributed by atoms with van der Waals surface area (Å²) in [4.78, 5) is 20.0. The fourth-order valence-electron chi connectivity index (χ4n) is 0.855. The van der Waals surface area contributed by atoms with E-state index in [0.717, 1.165) is 10.7 Å². The third kappa shape index (κ3) is 1.79. The maximum absolute atomic E-state index is 10.9. The first-order chi connectivity index (χ1) is 5.65. The Balaban J connectivity index is 3.21. The fourth-order valence-corrected chi connectivity index (χ4v) is 1.44. The molecule has 0 fully saturated rings. The quantitative estimate of drug-likeness (QED) is 0.684. The van der Waals surface area contributed by atoms with Crippen LogP contribution >= 0.6 is 11.8 Å². The summed E-state index contributed by atoms with van der Waals surface area (Å²) in [5, 5.41) is 0. The van der Waals surface area contributed by atoms with Gasteiger partial charge < -0.3 is 4.90 Å². The summed E-state index contributed by atoms with van der Waals surface area (Å²) in [5.74, 6) is 0.808. The van der Waals surface area contributed by atoms with Gasteiger partial charge in [-0.2, -0.15) is 0 Å². The first kappa shape index (κ1) is 9.12. The first-order valence-electron chi connectivity index (χ1n) is 3.46. The number of nitrogens with zero attached hydrogens (tertiary/aromatic N) is 2. The van der Waals surface area contributed by atoms with Crippen LogP contribution in [0, 0.1) is 0 Å². The molecule has 0 bridgehead atoms. The van der Waals surface area contributed by atoms with Crippen LogP contribution in [0.4, 0.5) is 5.82 Å². The predicted octanol–water partition coefficient (Wildman–Crippen LogP) is 0.558. The molecule has 0 unspecified atom stereocenters. The lowest BCUT2D eigenvalue weighted by Crippen LogP contribution is -2.19. The standard InChI is InChI=1S/C7H11N3OS/c1-10(2)6-5(12-3)4-8-7(11)9-6/h4H,1-3H3,(H,8,9,11). The van der Waals surface area contributed by atoms with Crippen molar-refractivity contribution in [2.75, 3.05) is 25.3 Å². The average Bonchev–Trinajstić information content (AvgIpc) is 2.04. The summed E-state index contributed by atoms with van der Waals surface area (Å²) >= 11 is 1.56. The van der Waals surface area contributed by atoms with Gasteiger partial charge in [0.2, 0.25) is 0 Å². The van der Waals surface area contributed by atoms with Crippen molar-refractivity contribution >= 4 is 17.6 Å². The van der Waals surface area contributed by atoms with E-state index in [1.54, 1.807) is 18.0 Å². The van der Waals surface area contributed by atoms with Crippen molar-refractivity contribution in [1.29, 1.82) is 0 Å². The lowest BCUT2D eigenvalue weighted by Gasteiger charge is -2.14. The smallest absolute Gasteiger partial charge is 0.346 e. The molecule has 0 saturated carbocycles. The Kier molecular flexibility index (Phi) is 2.75.